The fourth-order valence-electron chi connectivity index (χ4n) is 3.77. The molecule has 1 heterocycles. The van der Waals surface area contributed by atoms with Crippen molar-refractivity contribution in [2.45, 2.75) is 24.9 Å². The van der Waals surface area contributed by atoms with Crippen LogP contribution in [0.3, 0.4) is 0 Å². The molecule has 3 N–H and O–H groups in total. The van der Waals surface area contributed by atoms with Crippen molar-refractivity contribution in [3.05, 3.63) is 72.3 Å². The van der Waals surface area contributed by atoms with E-state index in [0.29, 0.717) is 6.54 Å². The second-order valence-corrected chi connectivity index (χ2v) is 8.47. The standard InChI is InChI=1S/C23H24N2O2S/c26-22(25-27)23(11-13-28-14-12-23)24-16-17-5-7-19(8-6-17)21-10-9-18-3-1-2-4-20(18)15-21/h1-10,15,24,27H,11-14,16H2,(H,25,26). The molecule has 0 atom stereocenters. The predicted octanol–water partition coefficient (Wildman–Crippen LogP) is 4.37. The van der Waals surface area contributed by atoms with E-state index in [4.69, 9.17) is 5.21 Å². The zero-order valence-electron chi connectivity index (χ0n) is 15.7. The summed E-state index contributed by atoms with van der Waals surface area (Å²) < 4.78 is 0. The molecule has 0 saturated carbocycles. The highest BCUT2D eigenvalue weighted by molar-refractivity contribution is 7.99. The van der Waals surface area contributed by atoms with Crippen LogP contribution in [0.1, 0.15) is 18.4 Å². The third-order valence-electron chi connectivity index (χ3n) is 5.55. The van der Waals surface area contributed by atoms with E-state index < -0.39 is 5.54 Å². The van der Waals surface area contributed by atoms with E-state index in [1.807, 2.05) is 17.2 Å². The van der Waals surface area contributed by atoms with Crippen LogP contribution in [-0.2, 0) is 11.3 Å². The number of hydrogen-bond donors (Lipinski definition) is 3. The molecule has 28 heavy (non-hydrogen) atoms. The molecule has 3 aromatic rings. The van der Waals surface area contributed by atoms with E-state index >= 15 is 0 Å². The van der Waals surface area contributed by atoms with E-state index in [1.165, 1.54) is 21.9 Å². The molecule has 3 aromatic carbocycles. The zero-order chi connectivity index (χ0) is 19.4. The van der Waals surface area contributed by atoms with Gasteiger partial charge < -0.3 is 0 Å². The number of hydroxylamine groups is 1. The molecule has 1 fully saturated rings. The highest BCUT2D eigenvalue weighted by atomic mass is 32.2. The molecule has 1 amide bonds. The molecule has 0 bridgehead atoms. The van der Waals surface area contributed by atoms with Gasteiger partial charge in [0.1, 0.15) is 5.54 Å². The molecule has 5 heteroatoms. The fourth-order valence-corrected chi connectivity index (χ4v) is 4.96. The lowest BCUT2D eigenvalue weighted by Crippen LogP contribution is -2.58. The van der Waals surface area contributed by atoms with Crippen LogP contribution < -0.4 is 10.8 Å². The summed E-state index contributed by atoms with van der Waals surface area (Å²) in [5.41, 5.74) is 4.65. The molecule has 0 radical (unpaired) electrons. The molecule has 0 aromatic heterocycles. The van der Waals surface area contributed by atoms with Gasteiger partial charge in [-0.1, -0.05) is 60.7 Å². The Morgan fingerprint density at radius 2 is 1.61 bits per heavy atom. The largest absolute Gasteiger partial charge is 0.299 e. The molecule has 0 spiro atoms. The summed E-state index contributed by atoms with van der Waals surface area (Å²) in [5.74, 6) is 1.50. The number of amides is 1. The lowest BCUT2D eigenvalue weighted by atomic mass is 9.91. The van der Waals surface area contributed by atoms with Gasteiger partial charge in [0.25, 0.3) is 5.91 Å². The first-order valence-electron chi connectivity index (χ1n) is 9.56. The fraction of sp³-hybridized carbons (Fsp3) is 0.261. The quantitative estimate of drug-likeness (QED) is 0.446. The molecular formula is C23H24N2O2S. The summed E-state index contributed by atoms with van der Waals surface area (Å²) in [6.45, 7) is 0.593. The van der Waals surface area contributed by atoms with Crippen molar-refractivity contribution < 1.29 is 10.0 Å². The maximum absolute atomic E-state index is 12.2. The molecule has 144 valence electrons. The Morgan fingerprint density at radius 1 is 0.929 bits per heavy atom. The molecule has 0 aliphatic carbocycles. The van der Waals surface area contributed by atoms with Gasteiger partial charge in [0.05, 0.1) is 0 Å². The third-order valence-corrected chi connectivity index (χ3v) is 6.54. The van der Waals surface area contributed by atoms with Crippen molar-refractivity contribution in [1.82, 2.24) is 10.8 Å². The maximum Gasteiger partial charge on any atom is 0.263 e. The van der Waals surface area contributed by atoms with Gasteiger partial charge in [-0.25, -0.2) is 5.48 Å². The number of benzene rings is 3. The Hall–Kier alpha value is -2.34. The Labute approximate surface area is 169 Å². The molecule has 4 rings (SSSR count). The Balaban J connectivity index is 1.48. The van der Waals surface area contributed by atoms with Gasteiger partial charge in [-0.2, -0.15) is 11.8 Å². The maximum atomic E-state index is 12.2. The SMILES string of the molecule is O=C(NO)C1(NCc2ccc(-c3ccc4ccccc4c3)cc2)CCSCC1. The van der Waals surface area contributed by atoms with Crippen molar-refractivity contribution in [2.24, 2.45) is 0 Å². The molecule has 4 nitrogen and oxygen atoms in total. The normalized spacial score (nSPS) is 16.0. The lowest BCUT2D eigenvalue weighted by molar-refractivity contribution is -0.136. The molecular weight excluding hydrogens is 368 g/mol. The first-order valence-corrected chi connectivity index (χ1v) is 10.7. The average Bonchev–Trinajstić information content (AvgIpc) is 2.78. The van der Waals surface area contributed by atoms with E-state index in [2.05, 4.69) is 72.0 Å². The van der Waals surface area contributed by atoms with E-state index in [0.717, 1.165) is 29.9 Å². The summed E-state index contributed by atoms with van der Waals surface area (Å²) in [4.78, 5) is 12.2. The Morgan fingerprint density at radius 3 is 2.32 bits per heavy atom. The second-order valence-electron chi connectivity index (χ2n) is 7.25. The molecule has 1 aliphatic heterocycles. The summed E-state index contributed by atoms with van der Waals surface area (Å²) in [6.07, 6.45) is 1.44. The minimum Gasteiger partial charge on any atom is -0.299 e. The van der Waals surface area contributed by atoms with Gasteiger partial charge in [-0.05, 0) is 57.9 Å². The minimum absolute atomic E-state index is 0.333. The van der Waals surface area contributed by atoms with Crippen molar-refractivity contribution in [2.75, 3.05) is 11.5 Å². The predicted molar refractivity (Wildman–Crippen MR) is 115 cm³/mol. The zero-order valence-corrected chi connectivity index (χ0v) is 16.5. The van der Waals surface area contributed by atoms with Gasteiger partial charge >= 0.3 is 0 Å². The van der Waals surface area contributed by atoms with Gasteiger partial charge in [0.2, 0.25) is 0 Å². The van der Waals surface area contributed by atoms with Gasteiger partial charge in [-0.3, -0.25) is 15.3 Å². The van der Waals surface area contributed by atoms with Crippen LogP contribution in [0.25, 0.3) is 21.9 Å². The Bertz CT molecular complexity index is 966. The monoisotopic (exact) mass is 392 g/mol. The molecule has 0 unspecified atom stereocenters. The van der Waals surface area contributed by atoms with Crippen LogP contribution in [0.2, 0.25) is 0 Å². The number of fused-ring (bicyclic) bond motifs is 1. The summed E-state index contributed by atoms with van der Waals surface area (Å²) in [7, 11) is 0. The van der Waals surface area contributed by atoms with Crippen LogP contribution in [0, 0.1) is 0 Å². The van der Waals surface area contributed by atoms with Crippen molar-refractivity contribution in [3.8, 4) is 11.1 Å². The highest BCUT2D eigenvalue weighted by Gasteiger charge is 2.39. The van der Waals surface area contributed by atoms with Crippen LogP contribution in [0.4, 0.5) is 0 Å². The number of carbonyl (C=O) groups excluding carboxylic acids is 1. The molecule has 1 aliphatic rings. The van der Waals surface area contributed by atoms with Crippen molar-refractivity contribution in [1.29, 1.82) is 0 Å². The van der Waals surface area contributed by atoms with Crippen LogP contribution >= 0.6 is 11.8 Å². The van der Waals surface area contributed by atoms with Crippen LogP contribution in [0.15, 0.2) is 66.7 Å². The van der Waals surface area contributed by atoms with Gasteiger partial charge in [0, 0.05) is 6.54 Å². The minimum atomic E-state index is -0.684. The Kier molecular flexibility index (Phi) is 5.67. The number of thioether (sulfide) groups is 1. The average molecular weight is 393 g/mol. The highest BCUT2D eigenvalue weighted by Crippen LogP contribution is 2.28. The molecule has 1 saturated heterocycles. The van der Waals surface area contributed by atoms with Crippen molar-refractivity contribution >= 4 is 28.4 Å². The van der Waals surface area contributed by atoms with E-state index in [1.54, 1.807) is 0 Å². The lowest BCUT2D eigenvalue weighted by Gasteiger charge is -2.35. The second kappa shape index (κ2) is 8.35. The number of hydrogen-bond acceptors (Lipinski definition) is 4. The number of rotatable bonds is 5. The smallest absolute Gasteiger partial charge is 0.263 e. The summed E-state index contributed by atoms with van der Waals surface area (Å²) in [6, 6.07) is 23.3. The first-order chi connectivity index (χ1) is 13.7. The van der Waals surface area contributed by atoms with Crippen molar-refractivity contribution in [3.63, 3.8) is 0 Å². The van der Waals surface area contributed by atoms with Gasteiger partial charge in [0.15, 0.2) is 0 Å². The summed E-state index contributed by atoms with van der Waals surface area (Å²) in [5, 5.41) is 15.0. The first kappa shape index (κ1) is 19.0. The summed E-state index contributed by atoms with van der Waals surface area (Å²) >= 11 is 1.85. The van der Waals surface area contributed by atoms with Crippen LogP contribution in [-0.4, -0.2) is 28.2 Å². The van der Waals surface area contributed by atoms with E-state index in [9.17, 15) is 4.79 Å². The van der Waals surface area contributed by atoms with Gasteiger partial charge in [-0.15, -0.1) is 0 Å². The number of nitrogens with one attached hydrogen (secondary N) is 2. The number of carbonyl (C=O) groups is 1. The van der Waals surface area contributed by atoms with E-state index in [-0.39, 0.29) is 5.91 Å². The topological polar surface area (TPSA) is 61.4 Å². The third kappa shape index (κ3) is 3.92. The van der Waals surface area contributed by atoms with Crippen LogP contribution in [0.5, 0.6) is 0 Å².